The number of benzene rings is 3. The number of hydrogen-bond donors (Lipinski definition) is 2. The monoisotopic (exact) mass is 388 g/mol. The molecule has 5 heteroatoms. The maximum absolute atomic E-state index is 12.4. The summed E-state index contributed by atoms with van der Waals surface area (Å²) in [5, 5.41) is 5.67. The summed E-state index contributed by atoms with van der Waals surface area (Å²) in [4.78, 5) is 24.7. The van der Waals surface area contributed by atoms with Crippen LogP contribution in [0.25, 0.3) is 0 Å². The van der Waals surface area contributed by atoms with Crippen LogP contribution < -0.4 is 15.4 Å². The van der Waals surface area contributed by atoms with Crippen LogP contribution in [0.3, 0.4) is 0 Å². The second-order valence-electron chi connectivity index (χ2n) is 6.96. The highest BCUT2D eigenvalue weighted by Crippen LogP contribution is 2.17. The molecule has 0 aromatic heterocycles. The molecule has 3 aromatic rings. The van der Waals surface area contributed by atoms with E-state index in [2.05, 4.69) is 10.6 Å². The SMILES string of the molecule is Cc1ccc(NC(=O)c2ccc(O[C@@H](C)C(=O)Nc3ccc(C)cc3)cc2)cc1. The standard InChI is InChI=1S/C24H24N2O3/c1-16-4-10-20(11-5-16)25-23(27)18(3)29-22-14-8-19(9-15-22)24(28)26-21-12-6-17(2)7-13-21/h4-15,18H,1-3H3,(H,25,27)(H,26,28)/t18-/m0/s1. The zero-order valence-corrected chi connectivity index (χ0v) is 16.7. The first-order valence-corrected chi connectivity index (χ1v) is 9.43. The minimum atomic E-state index is -0.677. The lowest BCUT2D eigenvalue weighted by Crippen LogP contribution is -2.30. The number of carbonyl (C=O) groups is 2. The molecule has 3 rings (SSSR count). The van der Waals surface area contributed by atoms with E-state index >= 15 is 0 Å². The van der Waals surface area contributed by atoms with Gasteiger partial charge in [0.05, 0.1) is 0 Å². The molecule has 2 N–H and O–H groups in total. The van der Waals surface area contributed by atoms with Gasteiger partial charge >= 0.3 is 0 Å². The van der Waals surface area contributed by atoms with E-state index in [9.17, 15) is 9.59 Å². The van der Waals surface area contributed by atoms with Gasteiger partial charge in [-0.15, -0.1) is 0 Å². The van der Waals surface area contributed by atoms with Crippen molar-refractivity contribution in [1.82, 2.24) is 0 Å². The maximum atomic E-state index is 12.4. The highest BCUT2D eigenvalue weighted by Gasteiger charge is 2.15. The lowest BCUT2D eigenvalue weighted by molar-refractivity contribution is -0.122. The van der Waals surface area contributed by atoms with Gasteiger partial charge < -0.3 is 15.4 Å². The molecular formula is C24H24N2O3. The summed E-state index contributed by atoms with van der Waals surface area (Å²) in [6.45, 7) is 5.66. The lowest BCUT2D eigenvalue weighted by atomic mass is 10.2. The van der Waals surface area contributed by atoms with Gasteiger partial charge in [-0.25, -0.2) is 0 Å². The second kappa shape index (κ2) is 9.06. The van der Waals surface area contributed by atoms with E-state index < -0.39 is 6.10 Å². The number of hydrogen-bond acceptors (Lipinski definition) is 3. The van der Waals surface area contributed by atoms with Gasteiger partial charge in [0, 0.05) is 16.9 Å². The van der Waals surface area contributed by atoms with Crippen LogP contribution in [0.4, 0.5) is 11.4 Å². The highest BCUT2D eigenvalue weighted by molar-refractivity contribution is 6.04. The Labute approximate surface area is 170 Å². The molecule has 148 valence electrons. The van der Waals surface area contributed by atoms with Crippen LogP contribution in [0.5, 0.6) is 5.75 Å². The van der Waals surface area contributed by atoms with E-state index in [1.165, 1.54) is 0 Å². The Bertz CT molecular complexity index is 978. The molecule has 0 radical (unpaired) electrons. The van der Waals surface area contributed by atoms with Crippen LogP contribution in [0.2, 0.25) is 0 Å². The van der Waals surface area contributed by atoms with E-state index in [0.29, 0.717) is 11.3 Å². The molecule has 29 heavy (non-hydrogen) atoms. The Kier molecular flexibility index (Phi) is 6.29. The number of rotatable bonds is 6. The van der Waals surface area contributed by atoms with E-state index in [-0.39, 0.29) is 11.8 Å². The summed E-state index contributed by atoms with van der Waals surface area (Å²) in [6, 6.07) is 21.9. The van der Waals surface area contributed by atoms with Gasteiger partial charge in [0.15, 0.2) is 6.10 Å². The number of nitrogens with one attached hydrogen (secondary N) is 2. The number of amides is 2. The molecule has 5 nitrogen and oxygen atoms in total. The molecule has 0 aliphatic rings. The molecule has 0 bridgehead atoms. The summed E-state index contributed by atoms with van der Waals surface area (Å²) in [5.41, 5.74) is 4.22. The van der Waals surface area contributed by atoms with Crippen molar-refractivity contribution in [2.24, 2.45) is 0 Å². The van der Waals surface area contributed by atoms with Gasteiger partial charge in [0.25, 0.3) is 11.8 Å². The summed E-state index contributed by atoms with van der Waals surface area (Å²) in [6.07, 6.45) is -0.677. The smallest absolute Gasteiger partial charge is 0.265 e. The predicted molar refractivity (Wildman–Crippen MR) is 115 cm³/mol. The molecule has 0 aliphatic heterocycles. The quantitative estimate of drug-likeness (QED) is 0.627. The number of aryl methyl sites for hydroxylation is 2. The summed E-state index contributed by atoms with van der Waals surface area (Å²) in [5.74, 6) is 0.0732. The molecule has 0 heterocycles. The van der Waals surface area contributed by atoms with E-state index in [1.54, 1.807) is 31.2 Å². The summed E-state index contributed by atoms with van der Waals surface area (Å²) >= 11 is 0. The Balaban J connectivity index is 1.56. The minimum absolute atomic E-state index is 0.203. The fraction of sp³-hybridized carbons (Fsp3) is 0.167. The first kappa shape index (κ1) is 20.1. The van der Waals surface area contributed by atoms with Crippen molar-refractivity contribution in [3.8, 4) is 5.75 Å². The third kappa shape index (κ3) is 5.69. The second-order valence-corrected chi connectivity index (χ2v) is 6.96. The molecule has 0 unspecified atom stereocenters. The molecule has 0 saturated carbocycles. The van der Waals surface area contributed by atoms with Crippen molar-refractivity contribution in [2.45, 2.75) is 26.9 Å². The first-order chi connectivity index (χ1) is 13.9. The van der Waals surface area contributed by atoms with Gasteiger partial charge in [0.1, 0.15) is 5.75 Å². The first-order valence-electron chi connectivity index (χ1n) is 9.43. The van der Waals surface area contributed by atoms with Gasteiger partial charge in [0.2, 0.25) is 0 Å². The van der Waals surface area contributed by atoms with Crippen molar-refractivity contribution >= 4 is 23.2 Å². The van der Waals surface area contributed by atoms with Crippen LogP contribution in [0, 0.1) is 13.8 Å². The van der Waals surface area contributed by atoms with Crippen LogP contribution in [-0.4, -0.2) is 17.9 Å². The van der Waals surface area contributed by atoms with Crippen molar-refractivity contribution < 1.29 is 14.3 Å². The van der Waals surface area contributed by atoms with Gasteiger partial charge in [-0.05, 0) is 69.3 Å². The number of ether oxygens (including phenoxy) is 1. The average Bonchev–Trinajstić information content (AvgIpc) is 2.72. The van der Waals surface area contributed by atoms with Crippen LogP contribution in [0.15, 0.2) is 72.8 Å². The van der Waals surface area contributed by atoms with E-state index in [1.807, 2.05) is 62.4 Å². The number of carbonyl (C=O) groups excluding carboxylic acids is 2. The lowest BCUT2D eigenvalue weighted by Gasteiger charge is -2.15. The predicted octanol–water partition coefficient (Wildman–Crippen LogP) is 4.96. The minimum Gasteiger partial charge on any atom is -0.481 e. The number of anilines is 2. The molecule has 3 aromatic carbocycles. The fourth-order valence-electron chi connectivity index (χ4n) is 2.66. The topological polar surface area (TPSA) is 67.4 Å². The normalized spacial score (nSPS) is 11.4. The van der Waals surface area contributed by atoms with E-state index in [4.69, 9.17) is 4.74 Å². The molecule has 0 saturated heterocycles. The molecular weight excluding hydrogens is 364 g/mol. The Morgan fingerprint density at radius 2 is 1.21 bits per heavy atom. The summed E-state index contributed by atoms with van der Waals surface area (Å²) in [7, 11) is 0. The van der Waals surface area contributed by atoms with Crippen LogP contribution in [-0.2, 0) is 4.79 Å². The molecule has 1 atom stereocenters. The zero-order chi connectivity index (χ0) is 20.8. The average molecular weight is 388 g/mol. The largest absolute Gasteiger partial charge is 0.481 e. The zero-order valence-electron chi connectivity index (χ0n) is 16.7. The fourth-order valence-corrected chi connectivity index (χ4v) is 2.66. The molecule has 2 amide bonds. The Morgan fingerprint density at radius 3 is 1.72 bits per heavy atom. The maximum Gasteiger partial charge on any atom is 0.265 e. The molecule has 0 spiro atoms. The van der Waals surface area contributed by atoms with Crippen LogP contribution >= 0.6 is 0 Å². The van der Waals surface area contributed by atoms with Crippen LogP contribution in [0.1, 0.15) is 28.4 Å². The third-order valence-electron chi connectivity index (χ3n) is 4.43. The van der Waals surface area contributed by atoms with Crippen molar-refractivity contribution in [2.75, 3.05) is 10.6 Å². The Hall–Kier alpha value is -3.60. The highest BCUT2D eigenvalue weighted by atomic mass is 16.5. The Morgan fingerprint density at radius 1 is 0.724 bits per heavy atom. The van der Waals surface area contributed by atoms with Crippen molar-refractivity contribution in [3.05, 3.63) is 89.5 Å². The van der Waals surface area contributed by atoms with Crippen molar-refractivity contribution in [1.29, 1.82) is 0 Å². The van der Waals surface area contributed by atoms with Gasteiger partial charge in [-0.1, -0.05) is 35.4 Å². The van der Waals surface area contributed by atoms with E-state index in [0.717, 1.165) is 22.5 Å². The molecule has 0 fully saturated rings. The third-order valence-corrected chi connectivity index (χ3v) is 4.43. The van der Waals surface area contributed by atoms with Gasteiger partial charge in [-0.3, -0.25) is 9.59 Å². The van der Waals surface area contributed by atoms with Gasteiger partial charge in [-0.2, -0.15) is 0 Å². The van der Waals surface area contributed by atoms with Crippen molar-refractivity contribution in [3.63, 3.8) is 0 Å². The molecule has 0 aliphatic carbocycles. The summed E-state index contributed by atoms with van der Waals surface area (Å²) < 4.78 is 5.69.